The lowest BCUT2D eigenvalue weighted by atomic mass is 10.1. The van der Waals surface area contributed by atoms with E-state index in [-0.39, 0.29) is 5.69 Å². The molecule has 0 aliphatic carbocycles. The summed E-state index contributed by atoms with van der Waals surface area (Å²) in [6.45, 7) is 6.30. The van der Waals surface area contributed by atoms with Crippen LogP contribution in [0, 0.1) is 16.0 Å². The van der Waals surface area contributed by atoms with Crippen molar-refractivity contribution < 1.29 is 4.92 Å². The molecule has 0 radical (unpaired) electrons. The summed E-state index contributed by atoms with van der Waals surface area (Å²) in [7, 11) is 0. The van der Waals surface area contributed by atoms with Gasteiger partial charge in [-0.05, 0) is 24.6 Å². The summed E-state index contributed by atoms with van der Waals surface area (Å²) >= 11 is 1.63. The lowest BCUT2D eigenvalue weighted by molar-refractivity contribution is -0.384. The van der Waals surface area contributed by atoms with Crippen LogP contribution in [0.2, 0.25) is 0 Å². The molecule has 1 heterocycles. The molecule has 0 fully saturated rings. The normalized spacial score (nSPS) is 11.0. The van der Waals surface area contributed by atoms with Crippen LogP contribution >= 0.6 is 11.3 Å². The number of nitro groups is 1. The molecule has 0 saturated carbocycles. The Kier molecular flexibility index (Phi) is 5.41. The minimum absolute atomic E-state index is 0.104. The Morgan fingerprint density at radius 1 is 1.33 bits per heavy atom. The molecule has 1 N–H and O–H groups in total. The molecule has 2 rings (SSSR count). The molecule has 0 aliphatic heterocycles. The maximum Gasteiger partial charge on any atom is 0.269 e. The highest BCUT2D eigenvalue weighted by Gasteiger charge is 2.08. The number of nitrogens with one attached hydrogen (secondary N) is 1. The lowest BCUT2D eigenvalue weighted by Crippen LogP contribution is -2.22. The molecule has 0 atom stereocenters. The quantitative estimate of drug-likeness (QED) is 0.483. The third-order valence-electron chi connectivity index (χ3n) is 2.99. The number of nitrogens with zero attached hydrogens (tertiary/aromatic N) is 2. The first-order valence-corrected chi connectivity index (χ1v) is 7.84. The largest absolute Gasteiger partial charge is 0.316 e. The average Bonchev–Trinajstić information content (AvgIpc) is 2.92. The zero-order chi connectivity index (χ0) is 15.2. The summed E-state index contributed by atoms with van der Waals surface area (Å²) in [5.74, 6) is 0.650. The molecule has 0 spiro atoms. The van der Waals surface area contributed by atoms with Crippen LogP contribution < -0.4 is 5.32 Å². The number of thiazole rings is 1. The van der Waals surface area contributed by atoms with Gasteiger partial charge in [0.15, 0.2) is 0 Å². The third kappa shape index (κ3) is 4.61. The molecule has 0 aliphatic rings. The zero-order valence-electron chi connectivity index (χ0n) is 12.2. The van der Waals surface area contributed by atoms with Gasteiger partial charge in [0.25, 0.3) is 5.69 Å². The number of rotatable bonds is 7. The zero-order valence-corrected chi connectivity index (χ0v) is 13.0. The van der Waals surface area contributed by atoms with Crippen LogP contribution in [0.1, 0.15) is 18.9 Å². The maximum atomic E-state index is 10.6. The molecule has 0 amide bonds. The SMILES string of the molecule is CC(C)CNCCc1nc(-c2ccc([N+](=O)[O-])cc2)cs1. The topological polar surface area (TPSA) is 68.1 Å². The second kappa shape index (κ2) is 7.28. The van der Waals surface area contributed by atoms with E-state index < -0.39 is 4.92 Å². The number of non-ortho nitro benzene ring substituents is 1. The Hall–Kier alpha value is -1.79. The van der Waals surface area contributed by atoms with Gasteiger partial charge in [0.05, 0.1) is 15.6 Å². The van der Waals surface area contributed by atoms with Gasteiger partial charge in [0.1, 0.15) is 0 Å². The van der Waals surface area contributed by atoms with Crippen molar-refractivity contribution in [2.45, 2.75) is 20.3 Å². The highest BCUT2D eigenvalue weighted by Crippen LogP contribution is 2.24. The van der Waals surface area contributed by atoms with Gasteiger partial charge in [-0.15, -0.1) is 11.3 Å². The maximum absolute atomic E-state index is 10.6. The van der Waals surface area contributed by atoms with Crippen molar-refractivity contribution in [1.82, 2.24) is 10.3 Å². The average molecular weight is 305 g/mol. The number of hydrogen-bond donors (Lipinski definition) is 1. The van der Waals surface area contributed by atoms with Gasteiger partial charge >= 0.3 is 0 Å². The van der Waals surface area contributed by atoms with Gasteiger partial charge in [-0.2, -0.15) is 0 Å². The third-order valence-corrected chi connectivity index (χ3v) is 3.90. The summed E-state index contributed by atoms with van der Waals surface area (Å²) in [5.41, 5.74) is 1.90. The van der Waals surface area contributed by atoms with Crippen molar-refractivity contribution in [3.05, 3.63) is 44.8 Å². The van der Waals surface area contributed by atoms with Crippen molar-refractivity contribution in [1.29, 1.82) is 0 Å². The summed E-state index contributed by atoms with van der Waals surface area (Å²) in [6.07, 6.45) is 0.907. The summed E-state index contributed by atoms with van der Waals surface area (Å²) in [6, 6.07) is 6.51. The molecule has 0 unspecified atom stereocenters. The first-order valence-electron chi connectivity index (χ1n) is 6.96. The highest BCUT2D eigenvalue weighted by atomic mass is 32.1. The standard InChI is InChI=1S/C15H19N3O2S/c1-11(2)9-16-8-7-15-17-14(10-21-15)12-3-5-13(6-4-12)18(19)20/h3-6,10-11,16H,7-9H2,1-2H3. The number of aromatic nitrogens is 1. The van der Waals surface area contributed by atoms with E-state index in [0.717, 1.165) is 35.8 Å². The molecule has 1 aromatic heterocycles. The summed E-state index contributed by atoms with van der Waals surface area (Å²) in [5, 5.41) is 17.1. The monoisotopic (exact) mass is 305 g/mol. The van der Waals surface area contributed by atoms with Crippen LogP contribution in [-0.4, -0.2) is 23.0 Å². The van der Waals surface area contributed by atoms with Crippen LogP contribution in [0.15, 0.2) is 29.6 Å². The van der Waals surface area contributed by atoms with Crippen LogP contribution in [-0.2, 0) is 6.42 Å². The van der Waals surface area contributed by atoms with Crippen molar-refractivity contribution in [3.8, 4) is 11.3 Å². The van der Waals surface area contributed by atoms with E-state index in [9.17, 15) is 10.1 Å². The van der Waals surface area contributed by atoms with Crippen LogP contribution in [0.5, 0.6) is 0 Å². The van der Waals surface area contributed by atoms with Gasteiger partial charge in [-0.25, -0.2) is 4.98 Å². The fourth-order valence-corrected chi connectivity index (χ4v) is 2.71. The molecule has 5 nitrogen and oxygen atoms in total. The number of hydrogen-bond acceptors (Lipinski definition) is 5. The Morgan fingerprint density at radius 3 is 2.67 bits per heavy atom. The molecule has 2 aromatic rings. The van der Waals surface area contributed by atoms with E-state index >= 15 is 0 Å². The summed E-state index contributed by atoms with van der Waals surface area (Å²) in [4.78, 5) is 14.8. The molecule has 0 saturated heterocycles. The van der Waals surface area contributed by atoms with E-state index in [0.29, 0.717) is 5.92 Å². The van der Waals surface area contributed by atoms with Crippen LogP contribution in [0.25, 0.3) is 11.3 Å². The first kappa shape index (κ1) is 15.6. The molecule has 21 heavy (non-hydrogen) atoms. The number of benzene rings is 1. The molecule has 6 heteroatoms. The van der Waals surface area contributed by atoms with E-state index in [4.69, 9.17) is 0 Å². The Bertz CT molecular complexity index is 593. The molecule has 0 bridgehead atoms. The first-order chi connectivity index (χ1) is 10.1. The molecule has 112 valence electrons. The molecular formula is C15H19N3O2S. The van der Waals surface area contributed by atoms with Gasteiger partial charge in [-0.1, -0.05) is 13.8 Å². The smallest absolute Gasteiger partial charge is 0.269 e. The predicted molar refractivity (Wildman–Crippen MR) is 85.6 cm³/mol. The van der Waals surface area contributed by atoms with Gasteiger partial charge < -0.3 is 5.32 Å². The van der Waals surface area contributed by atoms with Crippen molar-refractivity contribution >= 4 is 17.0 Å². The lowest BCUT2D eigenvalue weighted by Gasteiger charge is -2.05. The predicted octanol–water partition coefficient (Wildman–Crippen LogP) is 3.51. The van der Waals surface area contributed by atoms with E-state index in [1.165, 1.54) is 12.1 Å². The Morgan fingerprint density at radius 2 is 2.05 bits per heavy atom. The van der Waals surface area contributed by atoms with Crippen molar-refractivity contribution in [2.75, 3.05) is 13.1 Å². The molecular weight excluding hydrogens is 286 g/mol. The minimum atomic E-state index is -0.392. The van der Waals surface area contributed by atoms with Gasteiger partial charge in [0, 0.05) is 36.0 Å². The van der Waals surface area contributed by atoms with Crippen molar-refractivity contribution in [2.24, 2.45) is 5.92 Å². The fourth-order valence-electron chi connectivity index (χ4n) is 1.90. The highest BCUT2D eigenvalue weighted by molar-refractivity contribution is 7.09. The van der Waals surface area contributed by atoms with Gasteiger partial charge in [0.2, 0.25) is 0 Å². The van der Waals surface area contributed by atoms with Crippen LogP contribution in [0.4, 0.5) is 5.69 Å². The Labute approximate surface area is 128 Å². The second-order valence-electron chi connectivity index (χ2n) is 5.28. The Balaban J connectivity index is 1.94. The van der Waals surface area contributed by atoms with E-state index in [2.05, 4.69) is 24.1 Å². The van der Waals surface area contributed by atoms with E-state index in [1.807, 2.05) is 5.38 Å². The minimum Gasteiger partial charge on any atom is -0.316 e. The number of nitro benzene ring substituents is 1. The summed E-state index contributed by atoms with van der Waals surface area (Å²) < 4.78 is 0. The second-order valence-corrected chi connectivity index (χ2v) is 6.22. The molecule has 1 aromatic carbocycles. The van der Waals surface area contributed by atoms with Crippen molar-refractivity contribution in [3.63, 3.8) is 0 Å². The van der Waals surface area contributed by atoms with Crippen LogP contribution in [0.3, 0.4) is 0 Å². The fraction of sp³-hybridized carbons (Fsp3) is 0.400. The van der Waals surface area contributed by atoms with E-state index in [1.54, 1.807) is 23.5 Å². The van der Waals surface area contributed by atoms with Gasteiger partial charge in [-0.3, -0.25) is 10.1 Å².